The van der Waals surface area contributed by atoms with Gasteiger partial charge in [-0.05, 0) is 25.8 Å². The lowest BCUT2D eigenvalue weighted by Crippen LogP contribution is -2.23. The summed E-state index contributed by atoms with van der Waals surface area (Å²) in [5.74, 6) is 1.30. The normalized spacial score (nSPS) is 15.4. The predicted molar refractivity (Wildman–Crippen MR) is 66.3 cm³/mol. The fraction of sp³-hybridized carbons (Fsp3) is 0.667. The molecule has 5 heteroatoms. The number of aromatic nitrogens is 2. The number of anilines is 1. The minimum absolute atomic E-state index is 0.462. The van der Waals surface area contributed by atoms with Crippen LogP contribution >= 0.6 is 0 Å². The summed E-state index contributed by atoms with van der Waals surface area (Å²) >= 11 is 0. The molecule has 2 rings (SSSR count). The van der Waals surface area contributed by atoms with Gasteiger partial charge in [0.2, 0.25) is 0 Å². The van der Waals surface area contributed by atoms with Crippen molar-refractivity contribution in [2.45, 2.75) is 19.4 Å². The van der Waals surface area contributed by atoms with Crippen molar-refractivity contribution in [3.63, 3.8) is 0 Å². The average Bonchev–Trinajstić information content (AvgIpc) is 3.12. The second-order valence-electron chi connectivity index (χ2n) is 4.69. The number of hydrogen-bond acceptors (Lipinski definition) is 5. The molecule has 0 saturated heterocycles. The van der Waals surface area contributed by atoms with Crippen LogP contribution in [0.5, 0.6) is 0 Å². The molecule has 17 heavy (non-hydrogen) atoms. The third-order valence-electron chi connectivity index (χ3n) is 2.83. The van der Waals surface area contributed by atoms with Gasteiger partial charge in [-0.1, -0.05) is 0 Å². The molecule has 1 fully saturated rings. The number of nitrogens with zero attached hydrogens (tertiary/aromatic N) is 3. The molecule has 0 spiro atoms. The summed E-state index contributed by atoms with van der Waals surface area (Å²) in [6.45, 7) is 3.41. The molecule has 5 nitrogen and oxygen atoms in total. The Morgan fingerprint density at radius 3 is 2.88 bits per heavy atom. The molecule has 0 unspecified atom stereocenters. The number of rotatable bonds is 7. The molecule has 0 radical (unpaired) electrons. The number of likely N-dealkylation sites (N-methyl/N-ethyl adjacent to an activating group) is 1. The highest BCUT2D eigenvalue weighted by atomic mass is 16.5. The summed E-state index contributed by atoms with van der Waals surface area (Å²) in [6.07, 6.45) is 6.00. The highest BCUT2D eigenvalue weighted by Crippen LogP contribution is 2.28. The van der Waals surface area contributed by atoms with E-state index in [-0.39, 0.29) is 0 Å². The van der Waals surface area contributed by atoms with E-state index >= 15 is 0 Å². The molecule has 1 aliphatic carbocycles. The molecular formula is C12H20N4O. The van der Waals surface area contributed by atoms with E-state index < -0.39 is 0 Å². The van der Waals surface area contributed by atoms with Gasteiger partial charge in [-0.15, -0.1) is 0 Å². The summed E-state index contributed by atoms with van der Waals surface area (Å²) in [5, 5.41) is 0. The van der Waals surface area contributed by atoms with Gasteiger partial charge in [0, 0.05) is 19.7 Å². The van der Waals surface area contributed by atoms with Crippen LogP contribution in [-0.2, 0) is 11.3 Å². The molecule has 1 aromatic rings. The van der Waals surface area contributed by atoms with Crippen LogP contribution in [0, 0.1) is 5.92 Å². The van der Waals surface area contributed by atoms with Crippen LogP contribution in [-0.4, -0.2) is 41.7 Å². The topological polar surface area (TPSA) is 64.3 Å². The largest absolute Gasteiger partial charge is 0.382 e. The first-order valence-electron chi connectivity index (χ1n) is 6.06. The quantitative estimate of drug-likeness (QED) is 0.713. The zero-order valence-electron chi connectivity index (χ0n) is 10.3. The van der Waals surface area contributed by atoms with Crippen molar-refractivity contribution in [3.8, 4) is 0 Å². The third kappa shape index (κ3) is 4.66. The SMILES string of the molecule is CN(CCOCC1CC1)Cc1cnc(N)cn1. The Balaban J connectivity index is 1.61. The smallest absolute Gasteiger partial charge is 0.141 e. The molecule has 0 bridgehead atoms. The average molecular weight is 236 g/mol. The Morgan fingerprint density at radius 2 is 2.24 bits per heavy atom. The summed E-state index contributed by atoms with van der Waals surface area (Å²) in [7, 11) is 2.05. The van der Waals surface area contributed by atoms with Gasteiger partial charge in [0.1, 0.15) is 5.82 Å². The Hall–Kier alpha value is -1.20. The van der Waals surface area contributed by atoms with E-state index in [0.717, 1.165) is 37.9 Å². The molecule has 0 aliphatic heterocycles. The lowest BCUT2D eigenvalue weighted by Gasteiger charge is -2.15. The summed E-state index contributed by atoms with van der Waals surface area (Å²) < 4.78 is 5.59. The maximum atomic E-state index is 5.59. The predicted octanol–water partition coefficient (Wildman–Crippen LogP) is 0.917. The Labute approximate surface area is 102 Å². The van der Waals surface area contributed by atoms with E-state index in [2.05, 4.69) is 21.9 Å². The van der Waals surface area contributed by atoms with Crippen LogP contribution < -0.4 is 5.73 Å². The van der Waals surface area contributed by atoms with Crippen molar-refractivity contribution in [1.29, 1.82) is 0 Å². The van der Waals surface area contributed by atoms with Gasteiger partial charge >= 0.3 is 0 Å². The number of nitrogens with two attached hydrogens (primary N) is 1. The van der Waals surface area contributed by atoms with E-state index in [1.807, 2.05) is 0 Å². The summed E-state index contributed by atoms with van der Waals surface area (Å²) in [6, 6.07) is 0. The molecular weight excluding hydrogens is 216 g/mol. The van der Waals surface area contributed by atoms with Gasteiger partial charge in [0.15, 0.2) is 0 Å². The molecule has 1 aromatic heterocycles. The number of ether oxygens (including phenoxy) is 1. The van der Waals surface area contributed by atoms with Crippen molar-refractivity contribution in [2.24, 2.45) is 5.92 Å². The van der Waals surface area contributed by atoms with E-state index in [9.17, 15) is 0 Å². The van der Waals surface area contributed by atoms with Crippen LogP contribution in [0.1, 0.15) is 18.5 Å². The standard InChI is InChI=1S/C12H20N4O/c1-16(4-5-17-9-10-2-3-10)8-11-6-15-12(13)7-14-11/h6-7,10H,2-5,8-9H2,1H3,(H2,13,15). The molecule has 0 aromatic carbocycles. The Kier molecular flexibility index (Phi) is 4.28. The molecule has 94 valence electrons. The summed E-state index contributed by atoms with van der Waals surface area (Å²) in [4.78, 5) is 10.4. The van der Waals surface area contributed by atoms with Crippen LogP contribution in [0.15, 0.2) is 12.4 Å². The lowest BCUT2D eigenvalue weighted by molar-refractivity contribution is 0.101. The minimum atomic E-state index is 0.462. The van der Waals surface area contributed by atoms with Gasteiger partial charge in [-0.3, -0.25) is 9.88 Å². The van der Waals surface area contributed by atoms with Crippen molar-refractivity contribution in [2.75, 3.05) is 32.5 Å². The highest BCUT2D eigenvalue weighted by Gasteiger charge is 2.20. The van der Waals surface area contributed by atoms with Crippen molar-refractivity contribution in [1.82, 2.24) is 14.9 Å². The minimum Gasteiger partial charge on any atom is -0.382 e. The van der Waals surface area contributed by atoms with Gasteiger partial charge < -0.3 is 10.5 Å². The van der Waals surface area contributed by atoms with Crippen LogP contribution in [0.3, 0.4) is 0 Å². The zero-order valence-corrected chi connectivity index (χ0v) is 10.3. The molecule has 1 aliphatic rings. The van der Waals surface area contributed by atoms with Gasteiger partial charge in [-0.25, -0.2) is 4.98 Å². The molecule has 1 heterocycles. The Bertz CT molecular complexity index is 337. The first-order chi connectivity index (χ1) is 8.24. The van der Waals surface area contributed by atoms with Crippen molar-refractivity contribution in [3.05, 3.63) is 18.1 Å². The third-order valence-corrected chi connectivity index (χ3v) is 2.83. The maximum Gasteiger partial charge on any atom is 0.141 e. The van der Waals surface area contributed by atoms with E-state index in [1.165, 1.54) is 12.8 Å². The van der Waals surface area contributed by atoms with Gasteiger partial charge in [-0.2, -0.15) is 0 Å². The van der Waals surface area contributed by atoms with Crippen LogP contribution in [0.25, 0.3) is 0 Å². The zero-order chi connectivity index (χ0) is 12.1. The second kappa shape index (κ2) is 5.93. The first-order valence-corrected chi connectivity index (χ1v) is 6.06. The van der Waals surface area contributed by atoms with E-state index in [4.69, 9.17) is 10.5 Å². The molecule has 0 atom stereocenters. The summed E-state index contributed by atoms with van der Waals surface area (Å²) in [5.41, 5.74) is 6.42. The van der Waals surface area contributed by atoms with E-state index in [1.54, 1.807) is 12.4 Å². The van der Waals surface area contributed by atoms with Crippen LogP contribution in [0.2, 0.25) is 0 Å². The number of hydrogen-bond donors (Lipinski definition) is 1. The molecule has 0 amide bonds. The number of nitrogen functional groups attached to an aromatic ring is 1. The van der Waals surface area contributed by atoms with Gasteiger partial charge in [0.25, 0.3) is 0 Å². The van der Waals surface area contributed by atoms with E-state index in [0.29, 0.717) is 5.82 Å². The maximum absolute atomic E-state index is 5.59. The first kappa shape index (κ1) is 12.3. The fourth-order valence-electron chi connectivity index (χ4n) is 1.56. The van der Waals surface area contributed by atoms with Gasteiger partial charge in [0.05, 0.1) is 24.7 Å². The Morgan fingerprint density at radius 1 is 1.41 bits per heavy atom. The fourth-order valence-corrected chi connectivity index (χ4v) is 1.56. The monoisotopic (exact) mass is 236 g/mol. The van der Waals surface area contributed by atoms with Crippen molar-refractivity contribution >= 4 is 5.82 Å². The lowest BCUT2D eigenvalue weighted by atomic mass is 10.4. The van der Waals surface area contributed by atoms with Crippen LogP contribution in [0.4, 0.5) is 5.82 Å². The molecule has 2 N–H and O–H groups in total. The van der Waals surface area contributed by atoms with Crippen molar-refractivity contribution < 1.29 is 4.74 Å². The molecule has 1 saturated carbocycles. The second-order valence-corrected chi connectivity index (χ2v) is 4.69. The highest BCUT2D eigenvalue weighted by molar-refractivity contribution is 5.22.